The molecule has 1 aliphatic heterocycles. The molecular formula is C10H11FO2. The van der Waals surface area contributed by atoms with Gasteiger partial charge in [0.25, 0.3) is 0 Å². The highest BCUT2D eigenvalue weighted by Crippen LogP contribution is 2.32. The van der Waals surface area contributed by atoms with Crippen LogP contribution < -0.4 is 0 Å². The monoisotopic (exact) mass is 182 g/mol. The van der Waals surface area contributed by atoms with Gasteiger partial charge < -0.3 is 9.84 Å². The highest BCUT2D eigenvalue weighted by atomic mass is 19.1. The van der Waals surface area contributed by atoms with Crippen LogP contribution in [0.3, 0.4) is 0 Å². The van der Waals surface area contributed by atoms with E-state index in [9.17, 15) is 4.39 Å². The first-order valence-electron chi connectivity index (χ1n) is 4.35. The summed E-state index contributed by atoms with van der Waals surface area (Å²) in [5.41, 5.74) is 0.541. The summed E-state index contributed by atoms with van der Waals surface area (Å²) in [5.74, 6) is -0.262. The van der Waals surface area contributed by atoms with Crippen molar-refractivity contribution >= 4 is 0 Å². The molecule has 1 aliphatic rings. The Morgan fingerprint density at radius 2 is 2.08 bits per heavy atom. The fourth-order valence-electron chi connectivity index (χ4n) is 1.58. The molecule has 0 radical (unpaired) electrons. The zero-order valence-corrected chi connectivity index (χ0v) is 7.11. The number of benzene rings is 1. The van der Waals surface area contributed by atoms with E-state index in [1.54, 1.807) is 18.2 Å². The first kappa shape index (κ1) is 8.66. The smallest absolute Gasteiger partial charge is 0.155 e. The molecule has 0 saturated carbocycles. The van der Waals surface area contributed by atoms with E-state index in [2.05, 4.69) is 0 Å². The molecule has 1 heterocycles. The lowest BCUT2D eigenvalue weighted by molar-refractivity contribution is -0.0920. The number of rotatable bonds is 1. The van der Waals surface area contributed by atoms with E-state index >= 15 is 0 Å². The topological polar surface area (TPSA) is 29.5 Å². The van der Waals surface area contributed by atoms with Crippen molar-refractivity contribution in [2.24, 2.45) is 0 Å². The Balaban J connectivity index is 2.21. The van der Waals surface area contributed by atoms with E-state index in [1.165, 1.54) is 6.07 Å². The summed E-state index contributed by atoms with van der Waals surface area (Å²) >= 11 is 0. The first-order chi connectivity index (χ1) is 6.27. The minimum absolute atomic E-state index is 0.262. The van der Waals surface area contributed by atoms with Crippen LogP contribution in [-0.2, 0) is 4.74 Å². The van der Waals surface area contributed by atoms with Gasteiger partial charge in [-0.1, -0.05) is 18.2 Å². The molecule has 2 nitrogen and oxygen atoms in total. The summed E-state index contributed by atoms with van der Waals surface area (Å²) in [6.45, 7) is 0. The van der Waals surface area contributed by atoms with Gasteiger partial charge in [-0.05, 0) is 12.5 Å². The number of hydrogen-bond acceptors (Lipinski definition) is 2. The average molecular weight is 182 g/mol. The molecule has 0 aliphatic carbocycles. The molecule has 0 spiro atoms. The second-order valence-electron chi connectivity index (χ2n) is 3.18. The van der Waals surface area contributed by atoms with Gasteiger partial charge in [-0.15, -0.1) is 0 Å². The lowest BCUT2D eigenvalue weighted by atomic mass is 10.1. The molecule has 70 valence electrons. The largest absolute Gasteiger partial charge is 0.368 e. The molecule has 0 aromatic heterocycles. The van der Waals surface area contributed by atoms with Crippen molar-refractivity contribution in [1.82, 2.24) is 0 Å². The summed E-state index contributed by atoms with van der Waals surface area (Å²) in [5, 5.41) is 9.11. The third-order valence-electron chi connectivity index (χ3n) is 2.25. The maximum absolute atomic E-state index is 13.2. The van der Waals surface area contributed by atoms with Gasteiger partial charge in [-0.3, -0.25) is 0 Å². The van der Waals surface area contributed by atoms with E-state index in [1.807, 2.05) is 0 Å². The third kappa shape index (κ3) is 1.71. The van der Waals surface area contributed by atoms with Crippen LogP contribution in [0, 0.1) is 5.82 Å². The fraction of sp³-hybridized carbons (Fsp3) is 0.400. The maximum Gasteiger partial charge on any atom is 0.155 e. The van der Waals surface area contributed by atoms with Gasteiger partial charge in [0, 0.05) is 12.0 Å². The zero-order chi connectivity index (χ0) is 9.26. The van der Waals surface area contributed by atoms with Crippen molar-refractivity contribution in [2.45, 2.75) is 25.2 Å². The van der Waals surface area contributed by atoms with Crippen LogP contribution in [0.25, 0.3) is 0 Å². The zero-order valence-electron chi connectivity index (χ0n) is 7.11. The Labute approximate surface area is 76.0 Å². The van der Waals surface area contributed by atoms with E-state index in [0.717, 1.165) is 0 Å². The molecule has 1 aromatic rings. The van der Waals surface area contributed by atoms with Crippen LogP contribution >= 0.6 is 0 Å². The molecule has 1 aromatic carbocycles. The van der Waals surface area contributed by atoms with Gasteiger partial charge in [0.1, 0.15) is 5.82 Å². The highest BCUT2D eigenvalue weighted by molar-refractivity contribution is 5.20. The predicted octanol–water partition coefficient (Wildman–Crippen LogP) is 2.00. The van der Waals surface area contributed by atoms with Crippen molar-refractivity contribution < 1.29 is 14.2 Å². The van der Waals surface area contributed by atoms with Crippen LogP contribution in [0.5, 0.6) is 0 Å². The number of aliphatic hydroxyl groups is 1. The summed E-state index contributed by atoms with van der Waals surface area (Å²) in [6, 6.07) is 6.51. The Bertz CT molecular complexity index is 301. The van der Waals surface area contributed by atoms with Crippen molar-refractivity contribution in [2.75, 3.05) is 0 Å². The van der Waals surface area contributed by atoms with Gasteiger partial charge >= 0.3 is 0 Å². The Morgan fingerprint density at radius 1 is 1.31 bits per heavy atom. The molecule has 2 rings (SSSR count). The summed E-state index contributed by atoms with van der Waals surface area (Å²) in [4.78, 5) is 0. The molecule has 0 amide bonds. The lowest BCUT2D eigenvalue weighted by Gasteiger charge is -2.11. The summed E-state index contributed by atoms with van der Waals surface area (Å²) < 4.78 is 18.4. The van der Waals surface area contributed by atoms with Crippen LogP contribution in [0.1, 0.15) is 24.5 Å². The Kier molecular flexibility index (Phi) is 2.29. The maximum atomic E-state index is 13.2. The highest BCUT2D eigenvalue weighted by Gasteiger charge is 2.26. The van der Waals surface area contributed by atoms with Gasteiger partial charge in [0.05, 0.1) is 6.10 Å². The second kappa shape index (κ2) is 3.44. The van der Waals surface area contributed by atoms with E-state index in [-0.39, 0.29) is 11.9 Å². The van der Waals surface area contributed by atoms with Crippen molar-refractivity contribution in [3.05, 3.63) is 35.6 Å². The van der Waals surface area contributed by atoms with Crippen LogP contribution in [-0.4, -0.2) is 11.4 Å². The number of aliphatic hydroxyl groups excluding tert-OH is 1. The number of ether oxygens (including phenoxy) is 1. The van der Waals surface area contributed by atoms with Crippen LogP contribution in [0.15, 0.2) is 24.3 Å². The van der Waals surface area contributed by atoms with E-state index < -0.39 is 6.29 Å². The predicted molar refractivity (Wildman–Crippen MR) is 45.5 cm³/mol. The van der Waals surface area contributed by atoms with Crippen molar-refractivity contribution in [1.29, 1.82) is 0 Å². The van der Waals surface area contributed by atoms with Gasteiger partial charge in [-0.2, -0.15) is 0 Å². The second-order valence-corrected chi connectivity index (χ2v) is 3.18. The van der Waals surface area contributed by atoms with Gasteiger partial charge in [0.15, 0.2) is 6.29 Å². The normalized spacial score (nSPS) is 27.8. The molecule has 3 heteroatoms. The molecule has 13 heavy (non-hydrogen) atoms. The Hall–Kier alpha value is -0.930. The average Bonchev–Trinajstić information content (AvgIpc) is 2.53. The van der Waals surface area contributed by atoms with Crippen molar-refractivity contribution in [3.8, 4) is 0 Å². The minimum atomic E-state index is -0.732. The lowest BCUT2D eigenvalue weighted by Crippen LogP contribution is -2.05. The minimum Gasteiger partial charge on any atom is -0.368 e. The van der Waals surface area contributed by atoms with E-state index in [0.29, 0.717) is 18.4 Å². The van der Waals surface area contributed by atoms with Crippen LogP contribution in [0.4, 0.5) is 4.39 Å². The molecular weight excluding hydrogens is 171 g/mol. The summed E-state index contributed by atoms with van der Waals surface area (Å²) in [7, 11) is 0. The molecule has 1 N–H and O–H groups in total. The SMILES string of the molecule is OC1CCC(c2ccccc2F)O1. The molecule has 2 atom stereocenters. The first-order valence-corrected chi connectivity index (χ1v) is 4.35. The number of halogens is 1. The van der Waals surface area contributed by atoms with Gasteiger partial charge in [-0.25, -0.2) is 4.39 Å². The quantitative estimate of drug-likeness (QED) is 0.719. The fourth-order valence-corrected chi connectivity index (χ4v) is 1.58. The van der Waals surface area contributed by atoms with Gasteiger partial charge in [0.2, 0.25) is 0 Å². The summed E-state index contributed by atoms with van der Waals surface area (Å²) in [6.07, 6.45) is 0.252. The molecule has 1 saturated heterocycles. The molecule has 2 unspecified atom stereocenters. The number of hydrogen-bond donors (Lipinski definition) is 1. The molecule has 0 bridgehead atoms. The third-order valence-corrected chi connectivity index (χ3v) is 2.25. The van der Waals surface area contributed by atoms with Crippen LogP contribution in [0.2, 0.25) is 0 Å². The standard InChI is InChI=1S/C10H11FO2/c11-8-4-2-1-3-7(8)9-5-6-10(12)13-9/h1-4,9-10,12H,5-6H2. The molecule has 1 fully saturated rings. The van der Waals surface area contributed by atoms with E-state index in [4.69, 9.17) is 9.84 Å². The van der Waals surface area contributed by atoms with Crippen molar-refractivity contribution in [3.63, 3.8) is 0 Å². The Morgan fingerprint density at radius 3 is 2.69 bits per heavy atom.